The number of thioether (sulfide) groups is 1. The summed E-state index contributed by atoms with van der Waals surface area (Å²) in [6, 6.07) is -0.723. The highest BCUT2D eigenvalue weighted by Crippen LogP contribution is 2.39. The lowest BCUT2D eigenvalue weighted by molar-refractivity contribution is -0.149. The van der Waals surface area contributed by atoms with Crippen molar-refractivity contribution in [1.82, 2.24) is 4.90 Å². The second-order valence-corrected chi connectivity index (χ2v) is 5.85. The zero-order chi connectivity index (χ0) is 16.4. The van der Waals surface area contributed by atoms with Crippen LogP contribution in [0.4, 0.5) is 0 Å². The Morgan fingerprint density at radius 1 is 1.32 bits per heavy atom. The van der Waals surface area contributed by atoms with Crippen LogP contribution in [0.2, 0.25) is 0 Å². The lowest BCUT2D eigenvalue weighted by Gasteiger charge is -2.47. The molecular weight excluding hydrogens is 316 g/mol. The van der Waals surface area contributed by atoms with Gasteiger partial charge in [0, 0.05) is 11.3 Å². The van der Waals surface area contributed by atoms with Crippen LogP contribution >= 0.6 is 11.8 Å². The Morgan fingerprint density at radius 2 is 2.00 bits per heavy atom. The van der Waals surface area contributed by atoms with Crippen LogP contribution in [0.1, 0.15) is 12.8 Å². The van der Waals surface area contributed by atoms with Gasteiger partial charge in [0.25, 0.3) is 0 Å². The van der Waals surface area contributed by atoms with E-state index in [0.717, 1.165) is 4.90 Å². The summed E-state index contributed by atoms with van der Waals surface area (Å²) in [4.78, 5) is 45.9. The van der Waals surface area contributed by atoms with Gasteiger partial charge in [0.2, 0.25) is 5.91 Å². The third kappa shape index (κ3) is 3.07. The molecule has 0 aromatic rings. The van der Waals surface area contributed by atoms with Crippen LogP contribution in [0.5, 0.6) is 0 Å². The zero-order valence-electron chi connectivity index (χ0n) is 11.4. The number of carbonyl (C=O) groups excluding carboxylic acids is 2. The van der Waals surface area contributed by atoms with E-state index in [4.69, 9.17) is 15.6 Å². The number of nitrogens with two attached hydrogens (primary N) is 1. The number of fused-ring (bicyclic) bond motifs is 1. The number of nitrogens with zero attached hydrogens (tertiary/aromatic N) is 1. The maximum Gasteiger partial charge on any atom is 0.352 e. The largest absolute Gasteiger partial charge is 0.481 e. The molecule has 2 heterocycles. The van der Waals surface area contributed by atoms with E-state index in [1.165, 1.54) is 11.8 Å². The number of hydrogen-bond acceptors (Lipinski definition) is 7. The van der Waals surface area contributed by atoms with Crippen molar-refractivity contribution < 1.29 is 34.1 Å². The van der Waals surface area contributed by atoms with Gasteiger partial charge in [-0.2, -0.15) is 0 Å². The van der Waals surface area contributed by atoms with Gasteiger partial charge in [-0.05, 0) is 0 Å². The highest BCUT2D eigenvalue weighted by atomic mass is 32.2. The lowest BCUT2D eigenvalue weighted by atomic mass is 10.0. The first-order valence-electron chi connectivity index (χ1n) is 6.36. The SMILES string of the molecule is N[C@@H]1C(=O)N2C(C(=O)O)=C(COC(=O)CCC(=O)O)CS[C@@H]12. The fourth-order valence-electron chi connectivity index (χ4n) is 2.14. The molecule has 2 aliphatic rings. The lowest BCUT2D eigenvalue weighted by Crippen LogP contribution is -2.68. The summed E-state index contributed by atoms with van der Waals surface area (Å²) in [6.07, 6.45) is -0.658. The fraction of sp³-hybridized carbons (Fsp3) is 0.500. The third-order valence-electron chi connectivity index (χ3n) is 3.24. The summed E-state index contributed by atoms with van der Waals surface area (Å²) in [5, 5.41) is 17.3. The van der Waals surface area contributed by atoms with Crippen LogP contribution in [0.25, 0.3) is 0 Å². The number of ether oxygens (including phenoxy) is 1. The smallest absolute Gasteiger partial charge is 0.352 e. The average molecular weight is 330 g/mol. The van der Waals surface area contributed by atoms with Crippen molar-refractivity contribution in [2.24, 2.45) is 5.73 Å². The molecule has 1 amide bonds. The van der Waals surface area contributed by atoms with E-state index >= 15 is 0 Å². The normalized spacial score (nSPS) is 23.7. The van der Waals surface area contributed by atoms with Gasteiger partial charge >= 0.3 is 17.9 Å². The molecule has 0 radical (unpaired) electrons. The first-order valence-corrected chi connectivity index (χ1v) is 7.40. The number of amides is 1. The number of carboxylic acid groups (broad SMARTS) is 2. The molecule has 0 aromatic carbocycles. The molecule has 22 heavy (non-hydrogen) atoms. The van der Waals surface area contributed by atoms with E-state index in [-0.39, 0.29) is 36.5 Å². The molecule has 1 fully saturated rings. The summed E-state index contributed by atoms with van der Waals surface area (Å²) < 4.78 is 4.88. The molecule has 0 unspecified atom stereocenters. The summed E-state index contributed by atoms with van der Waals surface area (Å²) >= 11 is 1.30. The van der Waals surface area contributed by atoms with Crippen molar-refractivity contribution in [3.8, 4) is 0 Å². The molecule has 0 aliphatic carbocycles. The molecule has 1 saturated heterocycles. The van der Waals surface area contributed by atoms with E-state index in [1.54, 1.807) is 0 Å². The molecular formula is C12H14N2O7S. The van der Waals surface area contributed by atoms with E-state index in [9.17, 15) is 24.3 Å². The first-order chi connectivity index (χ1) is 10.3. The summed E-state index contributed by atoms with van der Waals surface area (Å²) in [5.74, 6) is -3.36. The van der Waals surface area contributed by atoms with E-state index in [2.05, 4.69) is 0 Å². The van der Waals surface area contributed by atoms with Gasteiger partial charge in [0.15, 0.2) is 0 Å². The second kappa shape index (κ2) is 6.36. The van der Waals surface area contributed by atoms with Crippen molar-refractivity contribution in [2.45, 2.75) is 24.3 Å². The second-order valence-electron chi connectivity index (χ2n) is 4.75. The number of β-lactam (4-membered cyclic amide) rings is 1. The maximum atomic E-state index is 11.7. The molecule has 4 N–H and O–H groups in total. The number of carbonyl (C=O) groups is 4. The van der Waals surface area contributed by atoms with Crippen LogP contribution in [0, 0.1) is 0 Å². The topological polar surface area (TPSA) is 147 Å². The number of aliphatic carboxylic acids is 2. The number of carboxylic acids is 2. The molecule has 2 aliphatic heterocycles. The average Bonchev–Trinajstić information content (AvgIpc) is 2.48. The minimum atomic E-state index is -1.29. The van der Waals surface area contributed by atoms with Crippen LogP contribution < -0.4 is 5.73 Å². The predicted octanol–water partition coefficient (Wildman–Crippen LogP) is -1.02. The monoisotopic (exact) mass is 330 g/mol. The first kappa shape index (κ1) is 16.3. The standard InChI is InChI=1S/C12H14N2O7S/c13-8-10(18)14-9(12(19)20)5(4-22-11(8)14)3-21-7(17)2-1-6(15)16/h8,11H,1-4,13H2,(H,15,16)(H,19,20)/t8-,11+/m1/s1. The Balaban J connectivity index is 2.04. The van der Waals surface area contributed by atoms with E-state index < -0.39 is 35.2 Å². The summed E-state index contributed by atoms with van der Waals surface area (Å²) in [5.41, 5.74) is 5.69. The van der Waals surface area contributed by atoms with E-state index in [0.29, 0.717) is 0 Å². The Hall–Kier alpha value is -2.07. The van der Waals surface area contributed by atoms with Crippen molar-refractivity contribution in [3.05, 3.63) is 11.3 Å². The molecule has 120 valence electrons. The van der Waals surface area contributed by atoms with Crippen molar-refractivity contribution in [3.63, 3.8) is 0 Å². The quantitative estimate of drug-likeness (QED) is 0.411. The molecule has 0 spiro atoms. The molecule has 0 bridgehead atoms. The van der Waals surface area contributed by atoms with Gasteiger partial charge < -0.3 is 20.7 Å². The Bertz CT molecular complexity index is 574. The number of esters is 1. The van der Waals surface area contributed by atoms with Gasteiger partial charge in [-0.25, -0.2) is 4.79 Å². The Labute approximate surface area is 129 Å². The van der Waals surface area contributed by atoms with Crippen LogP contribution in [0.15, 0.2) is 11.3 Å². The minimum absolute atomic E-state index is 0.207. The van der Waals surface area contributed by atoms with Crippen LogP contribution in [-0.4, -0.2) is 62.7 Å². The molecule has 0 saturated carbocycles. The highest BCUT2D eigenvalue weighted by molar-refractivity contribution is 8.00. The van der Waals surface area contributed by atoms with Crippen LogP contribution in [-0.2, 0) is 23.9 Å². The summed E-state index contributed by atoms with van der Waals surface area (Å²) in [7, 11) is 0. The van der Waals surface area contributed by atoms with Crippen LogP contribution in [0.3, 0.4) is 0 Å². The molecule has 2 atom stereocenters. The van der Waals surface area contributed by atoms with Crippen molar-refractivity contribution >= 4 is 35.6 Å². The summed E-state index contributed by atoms with van der Waals surface area (Å²) in [6.45, 7) is -0.293. The van der Waals surface area contributed by atoms with E-state index in [1.807, 2.05) is 0 Å². The number of hydrogen-bond donors (Lipinski definition) is 3. The minimum Gasteiger partial charge on any atom is -0.481 e. The predicted molar refractivity (Wildman–Crippen MR) is 73.6 cm³/mol. The maximum absolute atomic E-state index is 11.7. The molecule has 9 nitrogen and oxygen atoms in total. The van der Waals surface area contributed by atoms with Crippen molar-refractivity contribution in [1.29, 1.82) is 0 Å². The zero-order valence-corrected chi connectivity index (χ0v) is 12.2. The van der Waals surface area contributed by atoms with Gasteiger partial charge in [-0.15, -0.1) is 11.8 Å². The molecule has 2 rings (SSSR count). The fourth-order valence-corrected chi connectivity index (χ4v) is 3.41. The highest BCUT2D eigenvalue weighted by Gasteiger charge is 2.51. The van der Waals surface area contributed by atoms with Gasteiger partial charge in [0.1, 0.15) is 23.7 Å². The third-order valence-corrected chi connectivity index (χ3v) is 4.60. The Morgan fingerprint density at radius 3 is 2.59 bits per heavy atom. The number of rotatable bonds is 6. The van der Waals surface area contributed by atoms with Gasteiger partial charge in [0.05, 0.1) is 12.8 Å². The van der Waals surface area contributed by atoms with Crippen molar-refractivity contribution in [2.75, 3.05) is 12.4 Å². The molecule has 0 aromatic heterocycles. The Kier molecular flexibility index (Phi) is 4.71. The van der Waals surface area contributed by atoms with Gasteiger partial charge in [-0.3, -0.25) is 19.3 Å². The molecule has 10 heteroatoms. The van der Waals surface area contributed by atoms with Gasteiger partial charge in [-0.1, -0.05) is 0 Å².